The van der Waals surface area contributed by atoms with Crippen LogP contribution in [0.25, 0.3) is 0 Å². The lowest BCUT2D eigenvalue weighted by molar-refractivity contribution is -0.142. The summed E-state index contributed by atoms with van der Waals surface area (Å²) in [5.74, 6) is 0.0215. The van der Waals surface area contributed by atoms with Gasteiger partial charge in [-0.1, -0.05) is 0 Å². The average Bonchev–Trinajstić information content (AvgIpc) is 2.80. The molecule has 2 rings (SSSR count). The van der Waals surface area contributed by atoms with Crippen LogP contribution < -0.4 is 10.1 Å². The summed E-state index contributed by atoms with van der Waals surface area (Å²) >= 11 is 0. The second-order valence-electron chi connectivity index (χ2n) is 3.91. The number of carbonyl (C=O) groups is 1. The Morgan fingerprint density at radius 2 is 2.12 bits per heavy atom. The maximum Gasteiger partial charge on any atom is 0.323 e. The van der Waals surface area contributed by atoms with Gasteiger partial charge in [0.15, 0.2) is 0 Å². The summed E-state index contributed by atoms with van der Waals surface area (Å²) < 4.78 is 22.9. The van der Waals surface area contributed by atoms with Crippen LogP contribution in [0.15, 0.2) is 24.3 Å². The van der Waals surface area contributed by atoms with E-state index in [1.807, 2.05) is 0 Å². The Morgan fingerprint density at radius 3 is 2.76 bits per heavy atom. The second-order valence-corrected chi connectivity index (χ2v) is 3.91. The monoisotopic (exact) mass is 239 g/mol. The van der Waals surface area contributed by atoms with Crippen molar-refractivity contribution in [2.45, 2.75) is 18.6 Å². The van der Waals surface area contributed by atoms with Gasteiger partial charge in [0.1, 0.15) is 23.7 Å². The van der Waals surface area contributed by atoms with Crippen molar-refractivity contribution < 1.29 is 18.7 Å². The fraction of sp³-hybridized carbons (Fsp3) is 0.417. The molecule has 1 heterocycles. The van der Waals surface area contributed by atoms with Crippen LogP contribution >= 0.6 is 0 Å². The Kier molecular flexibility index (Phi) is 3.58. The van der Waals surface area contributed by atoms with Gasteiger partial charge >= 0.3 is 5.97 Å². The van der Waals surface area contributed by atoms with Crippen molar-refractivity contribution in [1.82, 2.24) is 5.32 Å². The highest BCUT2D eigenvalue weighted by Crippen LogP contribution is 2.18. The molecule has 1 aliphatic rings. The highest BCUT2D eigenvalue weighted by molar-refractivity contribution is 5.76. The first-order chi connectivity index (χ1) is 8.19. The topological polar surface area (TPSA) is 47.6 Å². The van der Waals surface area contributed by atoms with E-state index >= 15 is 0 Å². The molecule has 4 nitrogen and oxygen atoms in total. The van der Waals surface area contributed by atoms with Crippen molar-refractivity contribution in [3.63, 3.8) is 0 Å². The number of rotatable bonds is 3. The number of hydrogen-bond donors (Lipinski definition) is 1. The fourth-order valence-corrected chi connectivity index (χ4v) is 1.82. The molecule has 92 valence electrons. The Morgan fingerprint density at radius 1 is 1.41 bits per heavy atom. The zero-order valence-electron chi connectivity index (χ0n) is 9.48. The van der Waals surface area contributed by atoms with Gasteiger partial charge in [-0.05, 0) is 24.3 Å². The molecule has 1 fully saturated rings. The van der Waals surface area contributed by atoms with E-state index in [4.69, 9.17) is 4.74 Å². The summed E-state index contributed by atoms with van der Waals surface area (Å²) in [6.07, 6.45) is 0.467. The third-order valence-corrected chi connectivity index (χ3v) is 2.69. The summed E-state index contributed by atoms with van der Waals surface area (Å²) in [6.45, 7) is 0.580. The molecule has 2 unspecified atom stereocenters. The molecule has 0 aromatic heterocycles. The normalized spacial score (nSPS) is 23.4. The molecule has 0 saturated carbocycles. The van der Waals surface area contributed by atoms with E-state index in [1.165, 1.54) is 19.2 Å². The van der Waals surface area contributed by atoms with E-state index in [9.17, 15) is 9.18 Å². The van der Waals surface area contributed by atoms with Crippen LogP contribution in [0.4, 0.5) is 4.39 Å². The number of hydrogen-bond acceptors (Lipinski definition) is 4. The van der Waals surface area contributed by atoms with E-state index < -0.39 is 0 Å². The molecule has 2 atom stereocenters. The zero-order chi connectivity index (χ0) is 12.3. The van der Waals surface area contributed by atoms with Crippen molar-refractivity contribution in [3.8, 4) is 5.75 Å². The van der Waals surface area contributed by atoms with E-state index in [2.05, 4.69) is 10.1 Å². The van der Waals surface area contributed by atoms with Gasteiger partial charge < -0.3 is 14.8 Å². The van der Waals surface area contributed by atoms with Crippen molar-refractivity contribution in [2.24, 2.45) is 0 Å². The molecule has 1 N–H and O–H groups in total. The molecule has 0 bridgehead atoms. The Labute approximate surface area is 98.7 Å². The standard InChI is InChI=1S/C12H14FNO3/c1-16-12(15)11-6-10(7-14-11)17-9-4-2-8(13)3-5-9/h2-5,10-11,14H,6-7H2,1H3. The molecule has 0 spiro atoms. The van der Waals surface area contributed by atoms with Gasteiger partial charge in [-0.15, -0.1) is 0 Å². The summed E-state index contributed by atoms with van der Waals surface area (Å²) in [6, 6.07) is 5.51. The molecule has 17 heavy (non-hydrogen) atoms. The highest BCUT2D eigenvalue weighted by Gasteiger charge is 2.31. The molecule has 5 heteroatoms. The second kappa shape index (κ2) is 5.14. The SMILES string of the molecule is COC(=O)C1CC(Oc2ccc(F)cc2)CN1. The summed E-state index contributed by atoms with van der Waals surface area (Å²) in [4.78, 5) is 11.3. The van der Waals surface area contributed by atoms with Gasteiger partial charge in [0.25, 0.3) is 0 Å². The maximum atomic E-state index is 12.7. The van der Waals surface area contributed by atoms with Gasteiger partial charge in [-0.25, -0.2) is 4.39 Å². The first-order valence-corrected chi connectivity index (χ1v) is 5.42. The quantitative estimate of drug-likeness (QED) is 0.803. The van der Waals surface area contributed by atoms with Crippen LogP contribution in [0.5, 0.6) is 5.75 Å². The van der Waals surface area contributed by atoms with Crippen molar-refractivity contribution in [1.29, 1.82) is 0 Å². The van der Waals surface area contributed by atoms with E-state index in [-0.39, 0.29) is 23.9 Å². The van der Waals surface area contributed by atoms with Crippen LogP contribution in [-0.2, 0) is 9.53 Å². The largest absolute Gasteiger partial charge is 0.489 e. The average molecular weight is 239 g/mol. The lowest BCUT2D eigenvalue weighted by atomic mass is 10.2. The number of carbonyl (C=O) groups excluding carboxylic acids is 1. The third kappa shape index (κ3) is 2.94. The lowest BCUT2D eigenvalue weighted by Gasteiger charge is -2.12. The molecule has 0 aliphatic carbocycles. The minimum Gasteiger partial charge on any atom is -0.489 e. The molecule has 0 amide bonds. The third-order valence-electron chi connectivity index (χ3n) is 2.69. The number of methoxy groups -OCH3 is 1. The summed E-state index contributed by atoms with van der Waals surface area (Å²) in [5, 5.41) is 3.02. The Balaban J connectivity index is 1.89. The summed E-state index contributed by atoms with van der Waals surface area (Å²) in [5.41, 5.74) is 0. The zero-order valence-corrected chi connectivity index (χ0v) is 9.48. The van der Waals surface area contributed by atoms with Crippen LogP contribution in [0.1, 0.15) is 6.42 Å². The first kappa shape index (κ1) is 11.9. The van der Waals surface area contributed by atoms with E-state index in [0.29, 0.717) is 18.7 Å². The lowest BCUT2D eigenvalue weighted by Crippen LogP contribution is -2.31. The van der Waals surface area contributed by atoms with Crippen molar-refractivity contribution in [3.05, 3.63) is 30.1 Å². The van der Waals surface area contributed by atoms with Crippen molar-refractivity contribution >= 4 is 5.97 Å². The number of nitrogens with one attached hydrogen (secondary N) is 1. The number of esters is 1. The molecule has 1 aromatic carbocycles. The van der Waals surface area contributed by atoms with Gasteiger partial charge in [-0.2, -0.15) is 0 Å². The molecule has 0 radical (unpaired) electrons. The molecular formula is C12H14FNO3. The minimum atomic E-state index is -0.314. The first-order valence-electron chi connectivity index (χ1n) is 5.42. The summed E-state index contributed by atoms with van der Waals surface area (Å²) in [7, 11) is 1.36. The van der Waals surface area contributed by atoms with Crippen LogP contribution in [-0.4, -0.2) is 31.8 Å². The molecule has 1 aliphatic heterocycles. The predicted octanol–water partition coefficient (Wildman–Crippen LogP) is 1.11. The number of ether oxygens (including phenoxy) is 2. The Bertz CT molecular complexity index is 393. The fourth-order valence-electron chi connectivity index (χ4n) is 1.82. The highest BCUT2D eigenvalue weighted by atomic mass is 19.1. The molecule has 1 aromatic rings. The number of halogens is 1. The molecular weight excluding hydrogens is 225 g/mol. The van der Waals surface area contributed by atoms with Gasteiger partial charge in [-0.3, -0.25) is 4.79 Å². The number of benzene rings is 1. The van der Waals surface area contributed by atoms with Crippen LogP contribution in [0, 0.1) is 5.82 Å². The smallest absolute Gasteiger partial charge is 0.323 e. The Hall–Kier alpha value is -1.62. The van der Waals surface area contributed by atoms with Gasteiger partial charge in [0.2, 0.25) is 0 Å². The predicted molar refractivity (Wildman–Crippen MR) is 59.2 cm³/mol. The van der Waals surface area contributed by atoms with Crippen LogP contribution in [0.2, 0.25) is 0 Å². The van der Waals surface area contributed by atoms with Crippen LogP contribution in [0.3, 0.4) is 0 Å². The van der Waals surface area contributed by atoms with Crippen molar-refractivity contribution in [2.75, 3.05) is 13.7 Å². The maximum absolute atomic E-state index is 12.7. The van der Waals surface area contributed by atoms with E-state index in [0.717, 1.165) is 0 Å². The van der Waals surface area contributed by atoms with Gasteiger partial charge in [0, 0.05) is 13.0 Å². The van der Waals surface area contributed by atoms with E-state index in [1.54, 1.807) is 12.1 Å². The minimum absolute atomic E-state index is 0.0930. The van der Waals surface area contributed by atoms with Gasteiger partial charge in [0.05, 0.1) is 7.11 Å². The molecule has 1 saturated heterocycles.